The first-order valence-corrected chi connectivity index (χ1v) is 6.07. The van der Waals surface area contributed by atoms with Crippen molar-refractivity contribution in [3.8, 4) is 0 Å². The van der Waals surface area contributed by atoms with E-state index in [2.05, 4.69) is 11.0 Å². The summed E-state index contributed by atoms with van der Waals surface area (Å²) in [6, 6.07) is 10.7. The van der Waals surface area contributed by atoms with E-state index < -0.39 is 0 Å². The fraction of sp³-hybridized carbons (Fsp3) is 0.500. The molecule has 0 saturated heterocycles. The molecule has 1 rings (SSSR count). The molecule has 0 N–H and O–H groups in total. The Bertz CT molecular complexity index is 335. The molecule has 17 heavy (non-hydrogen) atoms. The Balaban J connectivity index is 2.75. The summed E-state index contributed by atoms with van der Waals surface area (Å²) in [6.45, 7) is 3.60. The van der Waals surface area contributed by atoms with Gasteiger partial charge in [0, 0.05) is 25.6 Å². The molecule has 0 spiro atoms. The first-order chi connectivity index (χ1) is 8.15. The van der Waals surface area contributed by atoms with Crippen molar-refractivity contribution in [2.45, 2.75) is 19.8 Å². The van der Waals surface area contributed by atoms with Crippen LogP contribution < -0.4 is 4.90 Å². The number of para-hydroxylation sites is 1. The lowest BCUT2D eigenvalue weighted by atomic mass is 10.2. The Morgan fingerprint density at radius 3 is 2.59 bits per heavy atom. The number of carbonyl (C=O) groups excluding carboxylic acids is 1. The van der Waals surface area contributed by atoms with Crippen molar-refractivity contribution < 1.29 is 4.79 Å². The number of carbonyl (C=O) groups is 1. The van der Waals surface area contributed by atoms with Gasteiger partial charge in [0.1, 0.15) is 0 Å². The molecule has 3 nitrogen and oxygen atoms in total. The van der Waals surface area contributed by atoms with Gasteiger partial charge in [-0.2, -0.15) is 0 Å². The van der Waals surface area contributed by atoms with Gasteiger partial charge < -0.3 is 9.80 Å². The van der Waals surface area contributed by atoms with Gasteiger partial charge in [-0.1, -0.05) is 25.1 Å². The smallest absolute Gasteiger partial charge is 0.227 e. The number of hydrogen-bond acceptors (Lipinski definition) is 2. The molecule has 0 atom stereocenters. The maximum absolute atomic E-state index is 12.0. The lowest BCUT2D eigenvalue weighted by molar-refractivity contribution is -0.118. The van der Waals surface area contributed by atoms with E-state index in [1.54, 1.807) is 0 Å². The number of benzene rings is 1. The highest BCUT2D eigenvalue weighted by Crippen LogP contribution is 2.14. The molecule has 1 amide bonds. The first-order valence-electron chi connectivity index (χ1n) is 6.07. The fourth-order valence-electron chi connectivity index (χ4n) is 1.58. The molecule has 0 aromatic heterocycles. The Labute approximate surface area is 104 Å². The third kappa shape index (κ3) is 4.57. The van der Waals surface area contributed by atoms with Crippen LogP contribution in [0.15, 0.2) is 24.3 Å². The van der Waals surface area contributed by atoms with E-state index in [9.17, 15) is 4.79 Å². The number of amides is 1. The highest BCUT2D eigenvalue weighted by molar-refractivity contribution is 5.93. The van der Waals surface area contributed by atoms with Crippen molar-refractivity contribution in [3.63, 3.8) is 0 Å². The Hall–Kier alpha value is -1.35. The minimum atomic E-state index is 0.178. The van der Waals surface area contributed by atoms with Crippen molar-refractivity contribution in [2.75, 3.05) is 32.1 Å². The average Bonchev–Trinajstić information content (AvgIpc) is 2.30. The molecule has 1 aromatic rings. The van der Waals surface area contributed by atoms with E-state index in [0.29, 0.717) is 13.0 Å². The number of anilines is 1. The molecule has 1 radical (unpaired) electrons. The van der Waals surface area contributed by atoms with Crippen molar-refractivity contribution in [1.82, 2.24) is 4.90 Å². The summed E-state index contributed by atoms with van der Waals surface area (Å²) in [5, 5.41) is 0. The monoisotopic (exact) mass is 233 g/mol. The summed E-state index contributed by atoms with van der Waals surface area (Å²) >= 11 is 0. The van der Waals surface area contributed by atoms with Crippen LogP contribution in [0.5, 0.6) is 0 Å². The van der Waals surface area contributed by atoms with Crippen molar-refractivity contribution >= 4 is 11.6 Å². The van der Waals surface area contributed by atoms with Crippen LogP contribution in [0.25, 0.3) is 0 Å². The van der Waals surface area contributed by atoms with E-state index in [4.69, 9.17) is 0 Å². The first kappa shape index (κ1) is 13.7. The zero-order valence-corrected chi connectivity index (χ0v) is 10.9. The molecule has 0 aliphatic carbocycles. The predicted molar refractivity (Wildman–Crippen MR) is 71.1 cm³/mol. The second-order valence-corrected chi connectivity index (χ2v) is 4.35. The van der Waals surface area contributed by atoms with Crippen LogP contribution >= 0.6 is 0 Å². The molecular weight excluding hydrogens is 212 g/mol. The molecule has 0 saturated carbocycles. The lowest BCUT2D eigenvalue weighted by Crippen LogP contribution is -2.36. The summed E-state index contributed by atoms with van der Waals surface area (Å²) in [6.07, 6.45) is 1.47. The van der Waals surface area contributed by atoms with Crippen molar-refractivity contribution in [1.29, 1.82) is 0 Å². The second-order valence-electron chi connectivity index (χ2n) is 4.35. The molecule has 93 valence electrons. The summed E-state index contributed by atoms with van der Waals surface area (Å²) in [7, 11) is 4.02. The van der Waals surface area contributed by atoms with Gasteiger partial charge >= 0.3 is 0 Å². The largest absolute Gasteiger partial charge is 0.311 e. The molecular formula is C14H21N2O. The maximum atomic E-state index is 12.0. The molecule has 0 aliphatic rings. The lowest BCUT2D eigenvalue weighted by Gasteiger charge is -2.24. The van der Waals surface area contributed by atoms with E-state index in [1.807, 2.05) is 50.2 Å². The average molecular weight is 233 g/mol. The van der Waals surface area contributed by atoms with Gasteiger partial charge in [0.2, 0.25) is 5.91 Å². The van der Waals surface area contributed by atoms with Gasteiger partial charge in [0.25, 0.3) is 0 Å². The highest BCUT2D eigenvalue weighted by Gasteiger charge is 2.14. The summed E-state index contributed by atoms with van der Waals surface area (Å²) < 4.78 is 0. The third-order valence-electron chi connectivity index (χ3n) is 2.52. The van der Waals surface area contributed by atoms with Crippen LogP contribution in [0.2, 0.25) is 0 Å². The number of hydrogen-bond donors (Lipinski definition) is 0. The van der Waals surface area contributed by atoms with Gasteiger partial charge in [0.05, 0.1) is 5.69 Å². The maximum Gasteiger partial charge on any atom is 0.227 e. The Morgan fingerprint density at radius 2 is 2.06 bits per heavy atom. The van der Waals surface area contributed by atoms with Gasteiger partial charge in [-0.25, -0.2) is 0 Å². The molecule has 1 aromatic carbocycles. The second kappa shape index (κ2) is 7.07. The predicted octanol–water partition coefficient (Wildman–Crippen LogP) is 2.18. The molecule has 3 heteroatoms. The molecule has 0 aliphatic heterocycles. The van der Waals surface area contributed by atoms with Crippen molar-refractivity contribution in [2.24, 2.45) is 0 Å². The topological polar surface area (TPSA) is 23.6 Å². The zero-order chi connectivity index (χ0) is 12.7. The number of rotatable bonds is 6. The Morgan fingerprint density at radius 1 is 1.29 bits per heavy atom. The minimum absolute atomic E-state index is 0.178. The van der Waals surface area contributed by atoms with Crippen LogP contribution in [0.3, 0.4) is 0 Å². The molecule has 0 fully saturated rings. The quantitative estimate of drug-likeness (QED) is 0.752. The van der Waals surface area contributed by atoms with Crippen LogP contribution in [-0.2, 0) is 4.79 Å². The summed E-state index contributed by atoms with van der Waals surface area (Å²) in [5.41, 5.74) is 0.868. The fourth-order valence-corrected chi connectivity index (χ4v) is 1.58. The van der Waals surface area contributed by atoms with Gasteiger partial charge in [-0.15, -0.1) is 0 Å². The standard InChI is InChI=1S/C14H21N2O/c1-4-8-14(17)16(12-11-15(2)3)13-9-6-5-7-10-13/h5-7,9H,4,8,11-12H2,1-3H3. The summed E-state index contributed by atoms with van der Waals surface area (Å²) in [4.78, 5) is 15.9. The van der Waals surface area contributed by atoms with Crippen LogP contribution in [0.1, 0.15) is 19.8 Å². The molecule has 0 unspecified atom stereocenters. The van der Waals surface area contributed by atoms with Gasteiger partial charge in [-0.3, -0.25) is 4.79 Å². The van der Waals surface area contributed by atoms with Crippen LogP contribution in [-0.4, -0.2) is 38.0 Å². The van der Waals surface area contributed by atoms with Gasteiger partial charge in [-0.05, 0) is 26.6 Å². The number of nitrogens with zero attached hydrogens (tertiary/aromatic N) is 2. The van der Waals surface area contributed by atoms with E-state index in [-0.39, 0.29) is 5.91 Å². The van der Waals surface area contributed by atoms with E-state index >= 15 is 0 Å². The number of likely N-dealkylation sites (N-methyl/N-ethyl adjacent to an activating group) is 1. The summed E-state index contributed by atoms with van der Waals surface area (Å²) in [5.74, 6) is 0.178. The van der Waals surface area contributed by atoms with Crippen molar-refractivity contribution in [3.05, 3.63) is 30.3 Å². The van der Waals surface area contributed by atoms with E-state index in [1.165, 1.54) is 0 Å². The third-order valence-corrected chi connectivity index (χ3v) is 2.52. The SMILES string of the molecule is CCCC(=O)N(CCN(C)C)c1[c]cccc1. The highest BCUT2D eigenvalue weighted by atomic mass is 16.2. The molecule has 0 bridgehead atoms. The Kier molecular flexibility index (Phi) is 5.70. The normalized spacial score (nSPS) is 10.6. The molecule has 0 heterocycles. The van der Waals surface area contributed by atoms with Crippen LogP contribution in [0.4, 0.5) is 5.69 Å². The zero-order valence-electron chi connectivity index (χ0n) is 10.9. The minimum Gasteiger partial charge on any atom is -0.311 e. The van der Waals surface area contributed by atoms with Crippen LogP contribution in [0, 0.1) is 6.07 Å². The van der Waals surface area contributed by atoms with E-state index in [0.717, 1.165) is 18.7 Å². The van der Waals surface area contributed by atoms with Gasteiger partial charge in [0.15, 0.2) is 0 Å².